The number of hydrogen-bond donors (Lipinski definition) is 0. The number of carbonyl (C=O) groups excluding carboxylic acids is 1. The monoisotopic (exact) mass is 420 g/mol. The first-order valence-electron chi connectivity index (χ1n) is 8.45. The van der Waals surface area contributed by atoms with Crippen molar-refractivity contribution in [1.82, 2.24) is 0 Å². The summed E-state index contributed by atoms with van der Waals surface area (Å²) in [4.78, 5) is 12.3. The average molecular weight is 421 g/mol. The Bertz CT molecular complexity index is 745. The van der Waals surface area contributed by atoms with E-state index in [4.69, 9.17) is 14.2 Å². The third-order valence-electron chi connectivity index (χ3n) is 3.43. The van der Waals surface area contributed by atoms with Crippen LogP contribution in [0.5, 0.6) is 17.2 Å². The first-order valence-corrected chi connectivity index (χ1v) is 9.57. The van der Waals surface area contributed by atoms with E-state index >= 15 is 0 Å². The number of carbonyl (C=O) groups is 1. The van der Waals surface area contributed by atoms with Crippen LogP contribution in [0.15, 0.2) is 48.5 Å². The summed E-state index contributed by atoms with van der Waals surface area (Å²) in [5.41, 5.74) is -0.574. The zero-order valence-corrected chi connectivity index (χ0v) is 17.4. The number of rotatable bonds is 6. The SMILES string of the molecule is CC(C)(C)OC(=O)C(C)(C)Oc1ccc(Oc2ccccc2CBr)cc1. The minimum atomic E-state index is -1.09. The summed E-state index contributed by atoms with van der Waals surface area (Å²) in [6, 6.07) is 15.0. The highest BCUT2D eigenvalue weighted by Crippen LogP contribution is 2.29. The van der Waals surface area contributed by atoms with Gasteiger partial charge >= 0.3 is 5.97 Å². The minimum absolute atomic E-state index is 0.406. The fraction of sp³-hybridized carbons (Fsp3) is 0.381. The number of alkyl halides is 1. The number of esters is 1. The predicted octanol–water partition coefficient (Wildman–Crippen LogP) is 5.87. The molecular formula is C21H25BrO4. The van der Waals surface area contributed by atoms with Gasteiger partial charge in [0.25, 0.3) is 0 Å². The third-order valence-corrected chi connectivity index (χ3v) is 4.04. The van der Waals surface area contributed by atoms with Crippen molar-refractivity contribution < 1.29 is 19.0 Å². The van der Waals surface area contributed by atoms with Crippen molar-refractivity contribution in [3.63, 3.8) is 0 Å². The van der Waals surface area contributed by atoms with Crippen molar-refractivity contribution in [2.45, 2.75) is 51.2 Å². The van der Waals surface area contributed by atoms with Gasteiger partial charge in [0.05, 0.1) is 0 Å². The van der Waals surface area contributed by atoms with E-state index < -0.39 is 17.2 Å². The molecule has 0 aromatic heterocycles. The van der Waals surface area contributed by atoms with Gasteiger partial charge in [0.1, 0.15) is 22.8 Å². The zero-order valence-electron chi connectivity index (χ0n) is 15.8. The molecular weight excluding hydrogens is 396 g/mol. The maximum atomic E-state index is 12.3. The van der Waals surface area contributed by atoms with Crippen molar-refractivity contribution in [3.8, 4) is 17.2 Å². The molecule has 0 amide bonds. The van der Waals surface area contributed by atoms with Crippen LogP contribution in [0, 0.1) is 0 Å². The average Bonchev–Trinajstić information content (AvgIpc) is 2.55. The molecule has 0 unspecified atom stereocenters. The van der Waals surface area contributed by atoms with E-state index in [1.54, 1.807) is 26.0 Å². The summed E-state index contributed by atoms with van der Waals surface area (Å²) in [6.45, 7) is 8.88. The minimum Gasteiger partial charge on any atom is -0.476 e. The van der Waals surface area contributed by atoms with E-state index in [0.717, 1.165) is 11.3 Å². The van der Waals surface area contributed by atoms with Gasteiger partial charge in [-0.15, -0.1) is 0 Å². The molecule has 2 rings (SSSR count). The van der Waals surface area contributed by atoms with Crippen molar-refractivity contribution in [3.05, 3.63) is 54.1 Å². The highest BCUT2D eigenvalue weighted by atomic mass is 79.9. The first-order chi connectivity index (χ1) is 12.1. The van der Waals surface area contributed by atoms with E-state index in [9.17, 15) is 4.79 Å². The van der Waals surface area contributed by atoms with E-state index in [2.05, 4.69) is 15.9 Å². The van der Waals surface area contributed by atoms with Crippen LogP contribution >= 0.6 is 15.9 Å². The van der Waals surface area contributed by atoms with Gasteiger partial charge < -0.3 is 14.2 Å². The molecule has 4 nitrogen and oxygen atoms in total. The Morgan fingerprint density at radius 2 is 1.50 bits per heavy atom. The van der Waals surface area contributed by atoms with Crippen LogP contribution in [0.3, 0.4) is 0 Å². The van der Waals surface area contributed by atoms with E-state index in [0.29, 0.717) is 16.8 Å². The number of benzene rings is 2. The van der Waals surface area contributed by atoms with Crippen LogP contribution in [0.1, 0.15) is 40.2 Å². The summed E-state index contributed by atoms with van der Waals surface area (Å²) in [5, 5.41) is 0.717. The lowest BCUT2D eigenvalue weighted by Crippen LogP contribution is -2.43. The van der Waals surface area contributed by atoms with Gasteiger partial charge in [-0.2, -0.15) is 0 Å². The van der Waals surface area contributed by atoms with E-state index in [-0.39, 0.29) is 0 Å². The molecule has 0 saturated heterocycles. The van der Waals surface area contributed by atoms with Crippen molar-refractivity contribution in [2.24, 2.45) is 0 Å². The summed E-state index contributed by atoms with van der Waals surface area (Å²) in [7, 11) is 0. The Kier molecular flexibility index (Phi) is 6.34. The fourth-order valence-corrected chi connectivity index (χ4v) is 2.62. The maximum absolute atomic E-state index is 12.3. The molecule has 0 aliphatic heterocycles. The molecule has 2 aromatic carbocycles. The molecule has 0 spiro atoms. The standard InChI is InChI=1S/C21H25BrO4/c1-20(2,3)26-19(23)21(4,5)25-17-12-10-16(11-13-17)24-18-9-7-6-8-15(18)14-22/h6-13H,14H2,1-5H3. The van der Waals surface area contributed by atoms with E-state index in [1.807, 2.05) is 57.2 Å². The van der Waals surface area contributed by atoms with Gasteiger partial charge in [-0.3, -0.25) is 0 Å². The maximum Gasteiger partial charge on any atom is 0.350 e. The number of ether oxygens (including phenoxy) is 3. The summed E-state index contributed by atoms with van der Waals surface area (Å²) in [5.74, 6) is 1.66. The molecule has 0 radical (unpaired) electrons. The normalized spacial score (nSPS) is 11.8. The van der Waals surface area contributed by atoms with Crippen LogP contribution in [0.25, 0.3) is 0 Å². The lowest BCUT2D eigenvalue weighted by Gasteiger charge is -2.29. The molecule has 26 heavy (non-hydrogen) atoms. The highest BCUT2D eigenvalue weighted by molar-refractivity contribution is 9.08. The Morgan fingerprint density at radius 1 is 0.923 bits per heavy atom. The van der Waals surface area contributed by atoms with Crippen molar-refractivity contribution >= 4 is 21.9 Å². The number of para-hydroxylation sites is 1. The van der Waals surface area contributed by atoms with Crippen LogP contribution in [-0.2, 0) is 14.9 Å². The Hall–Kier alpha value is -2.01. The van der Waals surface area contributed by atoms with Crippen molar-refractivity contribution in [1.29, 1.82) is 0 Å². The summed E-state index contributed by atoms with van der Waals surface area (Å²) >= 11 is 3.46. The molecule has 0 fully saturated rings. The Balaban J connectivity index is 2.06. The van der Waals surface area contributed by atoms with Gasteiger partial charge in [-0.25, -0.2) is 4.79 Å². The molecule has 0 saturated carbocycles. The Labute approximate surface area is 163 Å². The van der Waals surface area contributed by atoms with Gasteiger partial charge in [-0.05, 0) is 65.0 Å². The largest absolute Gasteiger partial charge is 0.476 e. The van der Waals surface area contributed by atoms with Gasteiger partial charge in [0.2, 0.25) is 0 Å². The smallest absolute Gasteiger partial charge is 0.350 e. The number of hydrogen-bond acceptors (Lipinski definition) is 4. The lowest BCUT2D eigenvalue weighted by molar-refractivity contribution is -0.170. The van der Waals surface area contributed by atoms with Crippen LogP contribution in [0.4, 0.5) is 0 Å². The Morgan fingerprint density at radius 3 is 2.08 bits per heavy atom. The quantitative estimate of drug-likeness (QED) is 0.432. The lowest BCUT2D eigenvalue weighted by atomic mass is 10.1. The molecule has 0 aliphatic carbocycles. The van der Waals surface area contributed by atoms with E-state index in [1.165, 1.54) is 0 Å². The second-order valence-electron chi connectivity index (χ2n) is 7.43. The van der Waals surface area contributed by atoms with Crippen LogP contribution in [-0.4, -0.2) is 17.2 Å². The van der Waals surface area contributed by atoms with Crippen LogP contribution in [0.2, 0.25) is 0 Å². The summed E-state index contributed by atoms with van der Waals surface area (Å²) < 4.78 is 17.2. The van der Waals surface area contributed by atoms with Crippen LogP contribution < -0.4 is 9.47 Å². The first kappa shape index (κ1) is 20.3. The summed E-state index contributed by atoms with van der Waals surface area (Å²) in [6.07, 6.45) is 0. The molecule has 0 heterocycles. The van der Waals surface area contributed by atoms with Gasteiger partial charge in [-0.1, -0.05) is 34.1 Å². The molecule has 0 N–H and O–H groups in total. The number of halogens is 1. The highest BCUT2D eigenvalue weighted by Gasteiger charge is 2.34. The van der Waals surface area contributed by atoms with Gasteiger partial charge in [0.15, 0.2) is 5.60 Å². The molecule has 0 bridgehead atoms. The predicted molar refractivity (Wildman–Crippen MR) is 106 cm³/mol. The molecule has 0 atom stereocenters. The zero-order chi connectivity index (χ0) is 19.4. The second kappa shape index (κ2) is 8.12. The molecule has 0 aliphatic rings. The fourth-order valence-electron chi connectivity index (χ4n) is 2.15. The third kappa shape index (κ3) is 5.77. The topological polar surface area (TPSA) is 44.8 Å². The van der Waals surface area contributed by atoms with Gasteiger partial charge in [0, 0.05) is 10.9 Å². The molecule has 140 valence electrons. The molecule has 5 heteroatoms. The molecule has 2 aromatic rings. The van der Waals surface area contributed by atoms with Crippen molar-refractivity contribution in [2.75, 3.05) is 0 Å². The second-order valence-corrected chi connectivity index (χ2v) is 7.99.